The monoisotopic (exact) mass is 258 g/mol. The van der Waals surface area contributed by atoms with Crippen molar-refractivity contribution in [3.8, 4) is 17.6 Å². The van der Waals surface area contributed by atoms with Crippen molar-refractivity contribution >= 4 is 11.6 Å². The summed E-state index contributed by atoms with van der Waals surface area (Å²) in [6.07, 6.45) is 3.31. The molecule has 0 aliphatic heterocycles. The van der Waals surface area contributed by atoms with E-state index in [1.807, 2.05) is 19.1 Å². The van der Waals surface area contributed by atoms with Crippen molar-refractivity contribution in [2.45, 2.75) is 12.8 Å². The average Bonchev–Trinajstić information content (AvgIpc) is 2.41. The second kappa shape index (κ2) is 5.52. The van der Waals surface area contributed by atoms with Gasteiger partial charge in [0.05, 0.1) is 17.8 Å². The Balaban J connectivity index is 2.30. The Morgan fingerprint density at radius 1 is 1.33 bits per heavy atom. The first-order valence-corrected chi connectivity index (χ1v) is 5.95. The van der Waals surface area contributed by atoms with Gasteiger partial charge in [-0.05, 0) is 36.2 Å². The number of aromatic nitrogens is 1. The molecule has 0 spiro atoms. The van der Waals surface area contributed by atoms with Gasteiger partial charge in [0.15, 0.2) is 0 Å². The third-order valence-corrected chi connectivity index (χ3v) is 2.78. The highest BCUT2D eigenvalue weighted by Crippen LogP contribution is 2.26. The number of alkyl halides is 1. The van der Waals surface area contributed by atoms with Crippen LogP contribution in [0.3, 0.4) is 0 Å². The lowest BCUT2D eigenvalue weighted by atomic mass is 10.1. The van der Waals surface area contributed by atoms with Crippen LogP contribution in [0.1, 0.15) is 16.7 Å². The standard InChI is InChI=1S/C14H11ClN2O/c1-10-2-3-11(7-16)5-14(10)18-13-4-12(6-15)8-17-9-13/h2-5,8-9H,6H2,1H3. The third-order valence-electron chi connectivity index (χ3n) is 2.47. The van der Waals surface area contributed by atoms with E-state index in [0.717, 1.165) is 11.1 Å². The van der Waals surface area contributed by atoms with Gasteiger partial charge in [-0.2, -0.15) is 5.26 Å². The van der Waals surface area contributed by atoms with Gasteiger partial charge in [0, 0.05) is 12.1 Å². The van der Waals surface area contributed by atoms with Gasteiger partial charge in [-0.1, -0.05) is 6.07 Å². The molecule has 0 N–H and O–H groups in total. The molecule has 0 saturated carbocycles. The van der Waals surface area contributed by atoms with E-state index in [-0.39, 0.29) is 0 Å². The SMILES string of the molecule is Cc1ccc(C#N)cc1Oc1cncc(CCl)c1. The zero-order chi connectivity index (χ0) is 13.0. The third kappa shape index (κ3) is 2.79. The van der Waals surface area contributed by atoms with Crippen LogP contribution in [0.5, 0.6) is 11.5 Å². The summed E-state index contributed by atoms with van der Waals surface area (Å²) in [5.41, 5.74) is 2.42. The van der Waals surface area contributed by atoms with Crippen LogP contribution in [0.25, 0.3) is 0 Å². The molecule has 2 rings (SSSR count). The van der Waals surface area contributed by atoms with Crippen molar-refractivity contribution in [1.82, 2.24) is 4.98 Å². The highest BCUT2D eigenvalue weighted by atomic mass is 35.5. The van der Waals surface area contributed by atoms with E-state index in [2.05, 4.69) is 11.1 Å². The summed E-state index contributed by atoms with van der Waals surface area (Å²) in [5, 5.41) is 8.87. The summed E-state index contributed by atoms with van der Waals surface area (Å²) in [5.74, 6) is 1.66. The summed E-state index contributed by atoms with van der Waals surface area (Å²) in [6.45, 7) is 1.93. The molecule has 0 amide bonds. The van der Waals surface area contributed by atoms with Gasteiger partial charge in [0.2, 0.25) is 0 Å². The maximum Gasteiger partial charge on any atom is 0.146 e. The van der Waals surface area contributed by atoms with Gasteiger partial charge >= 0.3 is 0 Å². The maximum absolute atomic E-state index is 8.87. The highest BCUT2D eigenvalue weighted by Gasteiger charge is 2.04. The molecule has 0 atom stereocenters. The summed E-state index contributed by atoms with van der Waals surface area (Å²) >= 11 is 5.74. The van der Waals surface area contributed by atoms with E-state index in [0.29, 0.717) is 22.9 Å². The van der Waals surface area contributed by atoms with Crippen LogP contribution in [-0.2, 0) is 5.88 Å². The number of benzene rings is 1. The van der Waals surface area contributed by atoms with E-state index < -0.39 is 0 Å². The van der Waals surface area contributed by atoms with Crippen LogP contribution >= 0.6 is 11.6 Å². The first kappa shape index (κ1) is 12.4. The lowest BCUT2D eigenvalue weighted by molar-refractivity contribution is 0.476. The van der Waals surface area contributed by atoms with E-state index in [1.54, 1.807) is 24.5 Å². The Morgan fingerprint density at radius 3 is 2.89 bits per heavy atom. The molecule has 90 valence electrons. The fourth-order valence-electron chi connectivity index (χ4n) is 1.50. The number of nitriles is 1. The lowest BCUT2D eigenvalue weighted by Crippen LogP contribution is -1.91. The number of halogens is 1. The Labute approximate surface area is 111 Å². The van der Waals surface area contributed by atoms with Gasteiger partial charge < -0.3 is 4.74 Å². The summed E-state index contributed by atoms with van der Waals surface area (Å²) < 4.78 is 5.72. The van der Waals surface area contributed by atoms with Crippen LogP contribution in [0, 0.1) is 18.3 Å². The number of pyridine rings is 1. The molecule has 0 unspecified atom stereocenters. The Morgan fingerprint density at radius 2 is 2.17 bits per heavy atom. The number of rotatable bonds is 3. The van der Waals surface area contributed by atoms with Crippen molar-refractivity contribution in [2.75, 3.05) is 0 Å². The Hall–Kier alpha value is -2.05. The molecule has 0 bridgehead atoms. The summed E-state index contributed by atoms with van der Waals surface area (Å²) in [7, 11) is 0. The van der Waals surface area contributed by atoms with Crippen molar-refractivity contribution in [2.24, 2.45) is 0 Å². The van der Waals surface area contributed by atoms with Gasteiger partial charge in [-0.15, -0.1) is 11.6 Å². The Kier molecular flexibility index (Phi) is 3.81. The van der Waals surface area contributed by atoms with Crippen LogP contribution in [0.15, 0.2) is 36.7 Å². The Bertz CT molecular complexity index is 605. The normalized spacial score (nSPS) is 9.83. The minimum absolute atomic E-state index is 0.390. The molecule has 0 radical (unpaired) electrons. The minimum atomic E-state index is 0.390. The van der Waals surface area contributed by atoms with Gasteiger partial charge in [0.1, 0.15) is 11.5 Å². The van der Waals surface area contributed by atoms with Crippen molar-refractivity contribution < 1.29 is 4.74 Å². The number of ether oxygens (including phenoxy) is 1. The van der Waals surface area contributed by atoms with Crippen LogP contribution in [-0.4, -0.2) is 4.98 Å². The molecular weight excluding hydrogens is 248 g/mol. The summed E-state index contributed by atoms with van der Waals surface area (Å²) in [6, 6.07) is 9.24. The molecule has 4 heteroatoms. The number of hydrogen-bond donors (Lipinski definition) is 0. The highest BCUT2D eigenvalue weighted by molar-refractivity contribution is 6.17. The molecule has 1 heterocycles. The molecule has 1 aromatic carbocycles. The first-order chi connectivity index (χ1) is 8.72. The molecule has 2 aromatic rings. The molecule has 0 saturated heterocycles. The van der Waals surface area contributed by atoms with Crippen molar-refractivity contribution in [1.29, 1.82) is 5.26 Å². The van der Waals surface area contributed by atoms with E-state index in [1.165, 1.54) is 0 Å². The van der Waals surface area contributed by atoms with Crippen LogP contribution in [0.2, 0.25) is 0 Å². The molecule has 3 nitrogen and oxygen atoms in total. The molecular formula is C14H11ClN2O. The van der Waals surface area contributed by atoms with Crippen LogP contribution in [0.4, 0.5) is 0 Å². The molecule has 1 aromatic heterocycles. The van der Waals surface area contributed by atoms with E-state index >= 15 is 0 Å². The maximum atomic E-state index is 8.87. The number of nitrogens with zero attached hydrogens (tertiary/aromatic N) is 2. The largest absolute Gasteiger partial charge is 0.455 e. The smallest absolute Gasteiger partial charge is 0.146 e. The average molecular weight is 259 g/mol. The van der Waals surface area contributed by atoms with Gasteiger partial charge in [-0.25, -0.2) is 0 Å². The fraction of sp³-hybridized carbons (Fsp3) is 0.143. The quantitative estimate of drug-likeness (QED) is 0.787. The van der Waals surface area contributed by atoms with Crippen LogP contribution < -0.4 is 4.74 Å². The van der Waals surface area contributed by atoms with E-state index in [4.69, 9.17) is 21.6 Å². The fourth-order valence-corrected chi connectivity index (χ4v) is 1.65. The lowest BCUT2D eigenvalue weighted by Gasteiger charge is -2.09. The van der Waals surface area contributed by atoms with E-state index in [9.17, 15) is 0 Å². The molecule has 0 fully saturated rings. The predicted molar refractivity (Wildman–Crippen MR) is 69.8 cm³/mol. The van der Waals surface area contributed by atoms with Gasteiger partial charge in [-0.3, -0.25) is 4.98 Å². The topological polar surface area (TPSA) is 45.9 Å². The summed E-state index contributed by atoms with van der Waals surface area (Å²) in [4.78, 5) is 4.05. The second-order valence-electron chi connectivity index (χ2n) is 3.86. The van der Waals surface area contributed by atoms with Crippen molar-refractivity contribution in [3.05, 3.63) is 53.3 Å². The molecule has 0 aliphatic carbocycles. The zero-order valence-corrected chi connectivity index (χ0v) is 10.6. The number of hydrogen-bond acceptors (Lipinski definition) is 3. The second-order valence-corrected chi connectivity index (χ2v) is 4.12. The minimum Gasteiger partial charge on any atom is -0.455 e. The van der Waals surface area contributed by atoms with Gasteiger partial charge in [0.25, 0.3) is 0 Å². The molecule has 0 aliphatic rings. The van der Waals surface area contributed by atoms with Crippen molar-refractivity contribution in [3.63, 3.8) is 0 Å². The number of aryl methyl sites for hydroxylation is 1. The molecule has 18 heavy (non-hydrogen) atoms. The first-order valence-electron chi connectivity index (χ1n) is 5.41. The predicted octanol–water partition coefficient (Wildman–Crippen LogP) is 3.79. The zero-order valence-electron chi connectivity index (χ0n) is 9.85.